The van der Waals surface area contributed by atoms with Crippen molar-refractivity contribution in [2.24, 2.45) is 0 Å². The molecule has 0 aromatic heterocycles. The number of hydrogen-bond acceptors (Lipinski definition) is 6. The van der Waals surface area contributed by atoms with Gasteiger partial charge in [0, 0.05) is 0 Å². The van der Waals surface area contributed by atoms with Crippen LogP contribution in [0.2, 0.25) is 5.02 Å². The minimum atomic E-state index is -1.28. The molecule has 1 aliphatic rings. The molecule has 0 bridgehead atoms. The molecule has 0 unspecified atom stereocenters. The number of carbonyl (C=O) groups is 3. The normalized spacial score (nSPS) is 14.5. The maximum absolute atomic E-state index is 11.7. The maximum Gasteiger partial charge on any atom is 0.326 e. The fraction of sp³-hybridized carbons (Fsp3) is 0.150. The van der Waals surface area contributed by atoms with Crippen molar-refractivity contribution in [1.82, 2.24) is 10.6 Å². The monoisotopic (exact) mass is 415 g/mol. The minimum absolute atomic E-state index is 0.0427. The predicted molar refractivity (Wildman–Crippen MR) is 102 cm³/mol. The Hall–Kier alpha value is -3.52. The zero-order valence-corrected chi connectivity index (χ0v) is 16.0. The fourth-order valence-corrected chi connectivity index (χ4v) is 2.94. The average Bonchev–Trinajstić information content (AvgIpc) is 2.98. The van der Waals surface area contributed by atoms with Crippen LogP contribution in [0.15, 0.2) is 42.1 Å². The largest absolute Gasteiger partial charge is 0.545 e. The van der Waals surface area contributed by atoms with Gasteiger partial charge in [-0.25, -0.2) is 4.79 Å². The molecule has 1 aliphatic heterocycles. The summed E-state index contributed by atoms with van der Waals surface area (Å²) < 4.78 is 11.4. The van der Waals surface area contributed by atoms with E-state index in [2.05, 4.69) is 10.6 Å². The summed E-state index contributed by atoms with van der Waals surface area (Å²) in [5.41, 5.74) is 1.27. The number of carboxylic acid groups (broad SMARTS) is 1. The molecule has 3 amide bonds. The molecule has 0 atom stereocenters. The summed E-state index contributed by atoms with van der Waals surface area (Å²) in [4.78, 5) is 33.9. The van der Waals surface area contributed by atoms with Gasteiger partial charge in [-0.2, -0.15) is 0 Å². The molecule has 0 aliphatic carbocycles. The molecular formula is C20H16ClN2O6-. The van der Waals surface area contributed by atoms with E-state index in [-0.39, 0.29) is 28.6 Å². The third-order valence-corrected chi connectivity index (χ3v) is 4.19. The van der Waals surface area contributed by atoms with E-state index in [0.29, 0.717) is 23.5 Å². The van der Waals surface area contributed by atoms with Crippen LogP contribution in [-0.2, 0) is 11.4 Å². The van der Waals surface area contributed by atoms with Gasteiger partial charge in [0.05, 0.1) is 17.6 Å². The first kappa shape index (κ1) is 20.2. The number of rotatable bonds is 7. The third kappa shape index (κ3) is 4.85. The van der Waals surface area contributed by atoms with E-state index in [1.807, 2.05) is 0 Å². The first-order valence-corrected chi connectivity index (χ1v) is 8.98. The molecule has 9 heteroatoms. The number of carboxylic acids is 1. The Labute approximate surface area is 171 Å². The number of carbonyl (C=O) groups excluding carboxylic acids is 3. The van der Waals surface area contributed by atoms with Gasteiger partial charge < -0.3 is 24.7 Å². The van der Waals surface area contributed by atoms with Crippen LogP contribution in [0.1, 0.15) is 28.4 Å². The molecule has 2 aromatic rings. The zero-order valence-electron chi connectivity index (χ0n) is 15.3. The van der Waals surface area contributed by atoms with Gasteiger partial charge in [0.15, 0.2) is 11.5 Å². The summed E-state index contributed by atoms with van der Waals surface area (Å²) >= 11 is 6.34. The van der Waals surface area contributed by atoms with Crippen LogP contribution in [-0.4, -0.2) is 24.5 Å². The minimum Gasteiger partial charge on any atom is -0.545 e. The van der Waals surface area contributed by atoms with Crippen molar-refractivity contribution in [2.75, 3.05) is 6.61 Å². The van der Waals surface area contributed by atoms with Crippen molar-refractivity contribution < 1.29 is 29.0 Å². The number of imide groups is 1. The van der Waals surface area contributed by atoms with Crippen LogP contribution >= 0.6 is 11.6 Å². The van der Waals surface area contributed by atoms with Gasteiger partial charge in [-0.1, -0.05) is 29.8 Å². The van der Waals surface area contributed by atoms with Gasteiger partial charge in [-0.05, 0) is 47.9 Å². The second-order valence-corrected chi connectivity index (χ2v) is 6.41. The van der Waals surface area contributed by atoms with E-state index in [1.54, 1.807) is 31.2 Å². The third-order valence-electron chi connectivity index (χ3n) is 3.91. The molecule has 29 heavy (non-hydrogen) atoms. The number of amides is 3. The maximum atomic E-state index is 11.7. The lowest BCUT2D eigenvalue weighted by molar-refractivity contribution is -0.255. The number of aromatic carboxylic acids is 1. The van der Waals surface area contributed by atoms with Crippen molar-refractivity contribution in [3.8, 4) is 11.5 Å². The zero-order chi connectivity index (χ0) is 21.0. The fourth-order valence-electron chi connectivity index (χ4n) is 2.67. The van der Waals surface area contributed by atoms with Crippen LogP contribution in [0.25, 0.3) is 6.08 Å². The summed E-state index contributed by atoms with van der Waals surface area (Å²) in [6.07, 6.45) is 1.46. The molecule has 1 heterocycles. The van der Waals surface area contributed by atoms with Gasteiger partial charge in [-0.3, -0.25) is 10.1 Å². The Bertz CT molecular complexity index is 1020. The highest BCUT2D eigenvalue weighted by Crippen LogP contribution is 2.38. The quantitative estimate of drug-likeness (QED) is 0.526. The van der Waals surface area contributed by atoms with Gasteiger partial charge in [-0.15, -0.1) is 0 Å². The molecule has 0 spiro atoms. The van der Waals surface area contributed by atoms with E-state index in [0.717, 1.165) is 0 Å². The van der Waals surface area contributed by atoms with E-state index in [4.69, 9.17) is 21.1 Å². The van der Waals surface area contributed by atoms with Crippen molar-refractivity contribution in [3.63, 3.8) is 0 Å². The lowest BCUT2D eigenvalue weighted by atomic mass is 10.1. The van der Waals surface area contributed by atoms with E-state index in [9.17, 15) is 19.5 Å². The van der Waals surface area contributed by atoms with Crippen molar-refractivity contribution >= 4 is 35.6 Å². The number of benzene rings is 2. The second-order valence-electron chi connectivity index (χ2n) is 6.01. The SMILES string of the molecule is CCOc1cc(/C=C2/NC(=O)NC2=O)cc(Cl)c1OCc1cccc(C(=O)[O-])c1. The van der Waals surface area contributed by atoms with Gasteiger partial charge in [0.25, 0.3) is 5.91 Å². The molecule has 0 radical (unpaired) electrons. The van der Waals surface area contributed by atoms with Crippen LogP contribution < -0.4 is 25.2 Å². The Balaban J connectivity index is 1.86. The molecule has 3 rings (SSSR count). The molecule has 1 fully saturated rings. The molecule has 2 N–H and O–H groups in total. The molecule has 0 saturated carbocycles. The van der Waals surface area contributed by atoms with E-state index >= 15 is 0 Å². The van der Waals surface area contributed by atoms with Gasteiger partial charge >= 0.3 is 6.03 Å². The molecule has 150 valence electrons. The Morgan fingerprint density at radius 1 is 1.17 bits per heavy atom. The van der Waals surface area contributed by atoms with Crippen LogP contribution in [0.3, 0.4) is 0 Å². The number of nitrogens with one attached hydrogen (secondary N) is 2. The number of hydrogen-bond donors (Lipinski definition) is 2. The average molecular weight is 416 g/mol. The summed E-state index contributed by atoms with van der Waals surface area (Å²) in [6.45, 7) is 2.18. The van der Waals surface area contributed by atoms with Crippen molar-refractivity contribution in [2.45, 2.75) is 13.5 Å². The lowest BCUT2D eigenvalue weighted by Gasteiger charge is -2.15. The molecule has 1 saturated heterocycles. The predicted octanol–water partition coefficient (Wildman–Crippen LogP) is 1.86. The highest BCUT2D eigenvalue weighted by Gasteiger charge is 2.23. The summed E-state index contributed by atoms with van der Waals surface area (Å²) in [5, 5.41) is 15.7. The van der Waals surface area contributed by atoms with E-state index < -0.39 is 17.9 Å². The number of urea groups is 1. The van der Waals surface area contributed by atoms with Gasteiger partial charge in [0.2, 0.25) is 0 Å². The topological polar surface area (TPSA) is 117 Å². The second kappa shape index (κ2) is 8.66. The van der Waals surface area contributed by atoms with Crippen LogP contribution in [0.4, 0.5) is 4.79 Å². The standard InChI is InChI=1S/C20H17ClN2O6/c1-2-28-16-9-12(8-15-18(24)23-20(27)22-15)7-14(21)17(16)29-10-11-4-3-5-13(6-11)19(25)26/h3-9H,2,10H2,1H3,(H,25,26)(H2,22,23,24,27)/p-1/b15-8+. The number of ether oxygens (including phenoxy) is 2. The van der Waals surface area contributed by atoms with Gasteiger partial charge in [0.1, 0.15) is 12.3 Å². The Morgan fingerprint density at radius 2 is 1.97 bits per heavy atom. The van der Waals surface area contributed by atoms with Crippen LogP contribution in [0.5, 0.6) is 11.5 Å². The molecule has 8 nitrogen and oxygen atoms in total. The summed E-state index contributed by atoms with van der Waals surface area (Å²) in [5.74, 6) is -1.21. The molecule has 2 aromatic carbocycles. The van der Waals surface area contributed by atoms with Crippen molar-refractivity contribution in [1.29, 1.82) is 0 Å². The highest BCUT2D eigenvalue weighted by atomic mass is 35.5. The van der Waals surface area contributed by atoms with Crippen molar-refractivity contribution in [3.05, 3.63) is 63.8 Å². The lowest BCUT2D eigenvalue weighted by Crippen LogP contribution is -2.22. The highest BCUT2D eigenvalue weighted by molar-refractivity contribution is 6.32. The Morgan fingerprint density at radius 3 is 2.62 bits per heavy atom. The smallest absolute Gasteiger partial charge is 0.326 e. The molecular weight excluding hydrogens is 400 g/mol. The summed E-state index contributed by atoms with van der Waals surface area (Å²) in [6, 6.07) is 8.75. The number of halogens is 1. The van der Waals surface area contributed by atoms with Crippen LogP contribution in [0, 0.1) is 0 Å². The van der Waals surface area contributed by atoms with E-state index in [1.165, 1.54) is 18.2 Å². The first-order valence-electron chi connectivity index (χ1n) is 8.61. The Kier molecular flexibility index (Phi) is 6.04. The summed E-state index contributed by atoms with van der Waals surface area (Å²) in [7, 11) is 0. The first-order chi connectivity index (χ1) is 13.9.